The third-order valence-corrected chi connectivity index (χ3v) is 5.71. The lowest BCUT2D eigenvalue weighted by Crippen LogP contribution is -2.52. The highest BCUT2D eigenvalue weighted by Gasteiger charge is 2.43. The molecule has 0 aromatic heterocycles. The van der Waals surface area contributed by atoms with E-state index in [-0.39, 0.29) is 23.6 Å². The molecule has 0 radical (unpaired) electrons. The normalized spacial score (nSPS) is 22.9. The molecule has 2 aliphatic heterocycles. The minimum absolute atomic E-state index is 0.0518. The van der Waals surface area contributed by atoms with Crippen molar-refractivity contribution in [2.45, 2.75) is 25.3 Å². The Morgan fingerprint density at radius 3 is 2.37 bits per heavy atom. The monoisotopic (exact) mass is 371 g/mol. The van der Waals surface area contributed by atoms with Gasteiger partial charge in [0.15, 0.2) is 0 Å². The predicted molar refractivity (Wildman–Crippen MR) is 98.3 cm³/mol. The van der Waals surface area contributed by atoms with Crippen molar-refractivity contribution in [3.05, 3.63) is 29.8 Å². The number of ether oxygens (including phenoxy) is 1. The van der Waals surface area contributed by atoms with Gasteiger partial charge in [-0.05, 0) is 25.0 Å². The number of para-hydroxylation sites is 1. The number of carbonyl (C=O) groups is 3. The summed E-state index contributed by atoms with van der Waals surface area (Å²) < 4.78 is 5.28. The van der Waals surface area contributed by atoms with Crippen LogP contribution in [0, 0.1) is 5.92 Å². The molecule has 2 saturated heterocycles. The molecule has 0 spiro atoms. The van der Waals surface area contributed by atoms with Crippen molar-refractivity contribution >= 4 is 17.7 Å². The largest absolute Gasteiger partial charge is 0.496 e. The number of amides is 3. The van der Waals surface area contributed by atoms with Crippen molar-refractivity contribution in [2.24, 2.45) is 5.92 Å². The molecule has 0 unspecified atom stereocenters. The van der Waals surface area contributed by atoms with Crippen LogP contribution in [0.4, 0.5) is 0 Å². The molecule has 1 saturated carbocycles. The number of nitrogens with zero attached hydrogens (tertiary/aromatic N) is 3. The van der Waals surface area contributed by atoms with E-state index in [1.807, 2.05) is 17.0 Å². The average Bonchev–Trinajstić information content (AvgIpc) is 3.48. The van der Waals surface area contributed by atoms with E-state index in [1.54, 1.807) is 29.0 Å². The summed E-state index contributed by atoms with van der Waals surface area (Å²) in [4.78, 5) is 43.1. The number of piperazine rings is 1. The van der Waals surface area contributed by atoms with E-state index in [0.717, 1.165) is 12.8 Å². The second kappa shape index (κ2) is 7.21. The molecule has 4 rings (SSSR count). The highest BCUT2D eigenvalue weighted by Crippen LogP contribution is 2.33. The Hall–Kier alpha value is -2.57. The van der Waals surface area contributed by atoms with E-state index in [0.29, 0.717) is 56.5 Å². The van der Waals surface area contributed by atoms with Crippen molar-refractivity contribution in [2.75, 3.05) is 39.8 Å². The maximum absolute atomic E-state index is 12.8. The Morgan fingerprint density at radius 2 is 1.70 bits per heavy atom. The molecule has 3 amide bonds. The molecule has 1 aromatic carbocycles. The van der Waals surface area contributed by atoms with Gasteiger partial charge in [0.25, 0.3) is 5.91 Å². The third kappa shape index (κ3) is 3.50. The highest BCUT2D eigenvalue weighted by molar-refractivity contribution is 5.97. The standard InChI is InChI=1S/C20H25N3O4/c1-27-17-5-3-2-4-16(17)20(26)22-10-8-21(9-11-22)19(25)14-12-18(24)23(13-14)15-6-7-15/h2-5,14-15H,6-13H2,1H3/t14-/m0/s1. The molecule has 3 aliphatic rings. The molecule has 144 valence electrons. The molecular formula is C20H25N3O4. The molecule has 0 bridgehead atoms. The number of methoxy groups -OCH3 is 1. The minimum Gasteiger partial charge on any atom is -0.496 e. The lowest BCUT2D eigenvalue weighted by Gasteiger charge is -2.36. The molecule has 1 aliphatic carbocycles. The zero-order valence-corrected chi connectivity index (χ0v) is 15.6. The van der Waals surface area contributed by atoms with Crippen LogP contribution in [0.3, 0.4) is 0 Å². The zero-order valence-electron chi connectivity index (χ0n) is 15.6. The van der Waals surface area contributed by atoms with Gasteiger partial charge in [-0.1, -0.05) is 12.1 Å². The van der Waals surface area contributed by atoms with Crippen LogP contribution in [-0.4, -0.2) is 78.3 Å². The molecule has 7 heteroatoms. The fourth-order valence-electron chi connectivity index (χ4n) is 4.02. The van der Waals surface area contributed by atoms with E-state index in [1.165, 1.54) is 0 Å². The van der Waals surface area contributed by atoms with Crippen LogP contribution in [0.25, 0.3) is 0 Å². The number of likely N-dealkylation sites (tertiary alicyclic amines) is 1. The average molecular weight is 371 g/mol. The van der Waals surface area contributed by atoms with Crippen LogP contribution in [-0.2, 0) is 9.59 Å². The molecule has 0 N–H and O–H groups in total. The van der Waals surface area contributed by atoms with Crippen LogP contribution in [0.2, 0.25) is 0 Å². The first-order chi connectivity index (χ1) is 13.1. The van der Waals surface area contributed by atoms with E-state index in [4.69, 9.17) is 4.74 Å². The second-order valence-corrected chi connectivity index (χ2v) is 7.50. The van der Waals surface area contributed by atoms with Gasteiger partial charge in [0.1, 0.15) is 5.75 Å². The number of hydrogen-bond donors (Lipinski definition) is 0. The van der Waals surface area contributed by atoms with E-state index in [2.05, 4.69) is 0 Å². The number of hydrogen-bond acceptors (Lipinski definition) is 4. The van der Waals surface area contributed by atoms with Crippen molar-refractivity contribution in [1.29, 1.82) is 0 Å². The Balaban J connectivity index is 1.34. The molecule has 27 heavy (non-hydrogen) atoms. The Bertz CT molecular complexity index is 753. The second-order valence-electron chi connectivity index (χ2n) is 7.50. The van der Waals surface area contributed by atoms with Gasteiger partial charge in [0.2, 0.25) is 11.8 Å². The maximum Gasteiger partial charge on any atom is 0.257 e. The maximum atomic E-state index is 12.8. The summed E-state index contributed by atoms with van der Waals surface area (Å²) in [6, 6.07) is 7.55. The number of carbonyl (C=O) groups excluding carboxylic acids is 3. The predicted octanol–water partition coefficient (Wildman–Crippen LogP) is 0.990. The number of rotatable bonds is 4. The van der Waals surface area contributed by atoms with Crippen molar-refractivity contribution in [1.82, 2.24) is 14.7 Å². The smallest absolute Gasteiger partial charge is 0.257 e. The highest BCUT2D eigenvalue weighted by atomic mass is 16.5. The summed E-state index contributed by atoms with van der Waals surface area (Å²) >= 11 is 0. The van der Waals surface area contributed by atoms with Gasteiger partial charge in [-0.15, -0.1) is 0 Å². The van der Waals surface area contributed by atoms with Gasteiger partial charge >= 0.3 is 0 Å². The summed E-state index contributed by atoms with van der Waals surface area (Å²) in [7, 11) is 1.55. The van der Waals surface area contributed by atoms with Crippen LogP contribution >= 0.6 is 0 Å². The fourth-order valence-corrected chi connectivity index (χ4v) is 4.02. The van der Waals surface area contributed by atoms with Crippen molar-refractivity contribution < 1.29 is 19.1 Å². The summed E-state index contributed by atoms with van der Waals surface area (Å²) in [5.74, 6) is 0.424. The Labute approximate surface area is 158 Å². The quantitative estimate of drug-likeness (QED) is 0.792. The van der Waals surface area contributed by atoms with Gasteiger partial charge in [-0.2, -0.15) is 0 Å². The minimum atomic E-state index is -0.227. The summed E-state index contributed by atoms with van der Waals surface area (Å²) in [5.41, 5.74) is 0.543. The molecule has 3 fully saturated rings. The van der Waals surface area contributed by atoms with Crippen molar-refractivity contribution in [3.63, 3.8) is 0 Å². The van der Waals surface area contributed by atoms with E-state index < -0.39 is 0 Å². The summed E-state index contributed by atoms with van der Waals surface area (Å²) in [5, 5.41) is 0. The van der Waals surface area contributed by atoms with Crippen LogP contribution in [0.5, 0.6) is 5.75 Å². The first-order valence-electron chi connectivity index (χ1n) is 9.59. The first kappa shape index (κ1) is 17.8. The van der Waals surface area contributed by atoms with Crippen molar-refractivity contribution in [3.8, 4) is 5.75 Å². The first-order valence-corrected chi connectivity index (χ1v) is 9.59. The fraction of sp³-hybridized carbons (Fsp3) is 0.550. The van der Waals surface area contributed by atoms with E-state index >= 15 is 0 Å². The van der Waals surface area contributed by atoms with Crippen LogP contribution < -0.4 is 4.74 Å². The topological polar surface area (TPSA) is 70.2 Å². The zero-order chi connectivity index (χ0) is 19.0. The van der Waals surface area contributed by atoms with Gasteiger partial charge in [0, 0.05) is 45.2 Å². The third-order valence-electron chi connectivity index (χ3n) is 5.71. The molecule has 7 nitrogen and oxygen atoms in total. The molecular weight excluding hydrogens is 346 g/mol. The SMILES string of the molecule is COc1ccccc1C(=O)N1CCN(C(=O)[C@H]2CC(=O)N(C3CC3)C2)CC1. The van der Waals surface area contributed by atoms with Gasteiger partial charge in [-0.3, -0.25) is 14.4 Å². The summed E-state index contributed by atoms with van der Waals surface area (Å²) in [6.45, 7) is 2.57. The van der Waals surface area contributed by atoms with Crippen LogP contribution in [0.15, 0.2) is 24.3 Å². The molecule has 1 atom stereocenters. The Kier molecular flexibility index (Phi) is 4.76. The summed E-state index contributed by atoms with van der Waals surface area (Å²) in [6.07, 6.45) is 2.46. The number of benzene rings is 1. The lowest BCUT2D eigenvalue weighted by molar-refractivity contribution is -0.137. The van der Waals surface area contributed by atoms with Gasteiger partial charge in [0.05, 0.1) is 18.6 Å². The molecule has 1 aromatic rings. The van der Waals surface area contributed by atoms with Crippen LogP contribution in [0.1, 0.15) is 29.6 Å². The van der Waals surface area contributed by atoms with Gasteiger partial charge < -0.3 is 19.4 Å². The Morgan fingerprint density at radius 1 is 1.04 bits per heavy atom. The molecule has 2 heterocycles. The van der Waals surface area contributed by atoms with Gasteiger partial charge in [-0.25, -0.2) is 0 Å². The lowest BCUT2D eigenvalue weighted by atomic mass is 10.1. The van der Waals surface area contributed by atoms with E-state index in [9.17, 15) is 14.4 Å².